The van der Waals surface area contributed by atoms with Gasteiger partial charge in [0.15, 0.2) is 0 Å². The van der Waals surface area contributed by atoms with Crippen LogP contribution in [0.4, 0.5) is 0 Å². The third-order valence-electron chi connectivity index (χ3n) is 3.74. The Bertz CT molecular complexity index is 357. The molecule has 5 nitrogen and oxygen atoms in total. The van der Waals surface area contributed by atoms with Gasteiger partial charge in [0.25, 0.3) is 0 Å². The molecule has 0 radical (unpaired) electrons. The highest BCUT2D eigenvalue weighted by Gasteiger charge is 2.23. The molecule has 1 rings (SSSR count). The van der Waals surface area contributed by atoms with Gasteiger partial charge in [0.05, 0.1) is 11.4 Å². The molecule has 0 amide bonds. The van der Waals surface area contributed by atoms with Crippen LogP contribution in [-0.2, 0) is 10.0 Å². The third-order valence-corrected chi connectivity index (χ3v) is 5.55. The van der Waals surface area contributed by atoms with Crippen LogP contribution in [0.1, 0.15) is 40.0 Å². The molecule has 19 heavy (non-hydrogen) atoms. The van der Waals surface area contributed by atoms with E-state index in [0.717, 1.165) is 32.4 Å². The molecule has 1 aliphatic rings. The first-order valence-corrected chi connectivity index (χ1v) is 8.78. The van der Waals surface area contributed by atoms with Gasteiger partial charge >= 0.3 is 0 Å². The summed E-state index contributed by atoms with van der Waals surface area (Å²) in [6, 6.07) is 0. The fraction of sp³-hybridized carbons (Fsp3) is 1.00. The van der Waals surface area contributed by atoms with E-state index in [1.54, 1.807) is 13.8 Å². The van der Waals surface area contributed by atoms with Crippen molar-refractivity contribution in [1.82, 2.24) is 9.62 Å². The van der Waals surface area contributed by atoms with Crippen molar-refractivity contribution in [3.05, 3.63) is 0 Å². The van der Waals surface area contributed by atoms with E-state index in [0.29, 0.717) is 19.0 Å². The summed E-state index contributed by atoms with van der Waals surface area (Å²) in [6.07, 6.45) is 2.62. The number of aliphatic hydroxyl groups is 1. The predicted octanol–water partition coefficient (Wildman–Crippen LogP) is 0.797. The van der Waals surface area contributed by atoms with Crippen LogP contribution in [0, 0.1) is 5.92 Å². The van der Waals surface area contributed by atoms with Crippen molar-refractivity contribution in [2.24, 2.45) is 5.92 Å². The van der Waals surface area contributed by atoms with Gasteiger partial charge in [-0.25, -0.2) is 13.1 Å². The van der Waals surface area contributed by atoms with Crippen LogP contribution in [0.5, 0.6) is 0 Å². The average Bonchev–Trinajstić information content (AvgIpc) is 2.36. The summed E-state index contributed by atoms with van der Waals surface area (Å²) < 4.78 is 26.1. The van der Waals surface area contributed by atoms with Crippen LogP contribution < -0.4 is 4.72 Å². The zero-order valence-electron chi connectivity index (χ0n) is 12.3. The van der Waals surface area contributed by atoms with Crippen molar-refractivity contribution < 1.29 is 13.5 Å². The number of rotatable bonds is 7. The topological polar surface area (TPSA) is 69.6 Å². The summed E-state index contributed by atoms with van der Waals surface area (Å²) in [5, 5.41) is 9.29. The molecule has 0 spiro atoms. The Hall–Kier alpha value is -0.170. The summed E-state index contributed by atoms with van der Waals surface area (Å²) >= 11 is 0. The molecule has 114 valence electrons. The van der Waals surface area contributed by atoms with Gasteiger partial charge in [-0.2, -0.15) is 0 Å². The molecular weight excluding hydrogens is 264 g/mol. The predicted molar refractivity (Wildman–Crippen MR) is 77.5 cm³/mol. The van der Waals surface area contributed by atoms with Gasteiger partial charge in [-0.15, -0.1) is 0 Å². The smallest absolute Gasteiger partial charge is 0.213 e. The van der Waals surface area contributed by atoms with Gasteiger partial charge in [-0.1, -0.05) is 6.92 Å². The minimum Gasteiger partial charge on any atom is -0.392 e. The molecule has 1 aliphatic heterocycles. The summed E-state index contributed by atoms with van der Waals surface area (Å²) in [7, 11) is -3.16. The van der Waals surface area contributed by atoms with Gasteiger partial charge in [-0.05, 0) is 45.6 Å². The molecule has 0 saturated carbocycles. The number of likely N-dealkylation sites (tertiary alicyclic amines) is 1. The van der Waals surface area contributed by atoms with Gasteiger partial charge in [0.2, 0.25) is 10.0 Å². The fourth-order valence-corrected chi connectivity index (χ4v) is 3.11. The first-order chi connectivity index (χ1) is 8.85. The van der Waals surface area contributed by atoms with Crippen LogP contribution in [0.3, 0.4) is 0 Å². The molecule has 2 unspecified atom stereocenters. The van der Waals surface area contributed by atoms with Gasteiger partial charge in [0, 0.05) is 19.6 Å². The Balaban J connectivity index is 2.39. The number of hydrogen-bond acceptors (Lipinski definition) is 4. The molecule has 0 aliphatic carbocycles. The fourth-order valence-electron chi connectivity index (χ4n) is 2.31. The van der Waals surface area contributed by atoms with E-state index in [1.807, 2.05) is 6.92 Å². The number of sulfonamides is 1. The summed E-state index contributed by atoms with van der Waals surface area (Å²) in [6.45, 7) is 8.44. The van der Waals surface area contributed by atoms with Crippen LogP contribution in [0.2, 0.25) is 0 Å². The second kappa shape index (κ2) is 7.57. The first-order valence-electron chi connectivity index (χ1n) is 7.24. The van der Waals surface area contributed by atoms with Crippen LogP contribution >= 0.6 is 0 Å². The van der Waals surface area contributed by atoms with Gasteiger partial charge < -0.3 is 10.0 Å². The number of hydrogen-bond donors (Lipinski definition) is 2. The quantitative estimate of drug-likeness (QED) is 0.728. The normalized spacial score (nSPS) is 23.7. The van der Waals surface area contributed by atoms with Crippen molar-refractivity contribution in [2.45, 2.75) is 51.4 Å². The molecule has 0 aromatic carbocycles. The van der Waals surface area contributed by atoms with E-state index in [2.05, 4.69) is 9.62 Å². The van der Waals surface area contributed by atoms with Crippen LogP contribution in [0.25, 0.3) is 0 Å². The summed E-state index contributed by atoms with van der Waals surface area (Å²) in [5.41, 5.74) is 0. The largest absolute Gasteiger partial charge is 0.392 e. The Labute approximate surface area is 117 Å². The maximum Gasteiger partial charge on any atom is 0.213 e. The molecule has 2 atom stereocenters. The van der Waals surface area contributed by atoms with Crippen LogP contribution in [-0.4, -0.2) is 56.0 Å². The molecule has 0 aromatic rings. The van der Waals surface area contributed by atoms with Gasteiger partial charge in [-0.3, -0.25) is 0 Å². The Morgan fingerprint density at radius 2 is 2.11 bits per heavy atom. The monoisotopic (exact) mass is 292 g/mol. The minimum absolute atomic E-state index is 0.272. The van der Waals surface area contributed by atoms with Crippen molar-refractivity contribution in [3.8, 4) is 0 Å². The van der Waals surface area contributed by atoms with Crippen LogP contribution in [0.15, 0.2) is 0 Å². The van der Waals surface area contributed by atoms with Crippen molar-refractivity contribution in [2.75, 3.05) is 26.2 Å². The SMILES string of the molecule is CCC(O)CN1CCCC(CNS(=O)(=O)C(C)C)C1. The first kappa shape index (κ1) is 16.9. The van der Waals surface area contributed by atoms with E-state index in [4.69, 9.17) is 0 Å². The molecule has 0 aromatic heterocycles. The number of piperidine rings is 1. The van der Waals surface area contributed by atoms with Crippen molar-refractivity contribution >= 4 is 10.0 Å². The Kier molecular flexibility index (Phi) is 6.73. The molecule has 1 fully saturated rings. The lowest BCUT2D eigenvalue weighted by atomic mass is 9.98. The second-order valence-electron chi connectivity index (χ2n) is 5.77. The molecule has 0 bridgehead atoms. The standard InChI is InChI=1S/C13H28N2O3S/c1-4-13(16)10-15-7-5-6-12(9-15)8-14-19(17,18)11(2)3/h11-14,16H,4-10H2,1-3H3. The number of β-amino-alcohol motifs (C(OH)–C–C–N with tert-alkyl or cyclic N) is 1. The highest BCUT2D eigenvalue weighted by molar-refractivity contribution is 7.90. The summed E-state index contributed by atoms with van der Waals surface area (Å²) in [5.74, 6) is 0.353. The lowest BCUT2D eigenvalue weighted by Crippen LogP contribution is -2.44. The van der Waals surface area contributed by atoms with E-state index < -0.39 is 10.0 Å². The number of nitrogens with zero attached hydrogens (tertiary/aromatic N) is 1. The van der Waals surface area contributed by atoms with E-state index in [-0.39, 0.29) is 11.4 Å². The number of nitrogens with one attached hydrogen (secondary N) is 1. The maximum atomic E-state index is 11.7. The Morgan fingerprint density at radius 3 is 2.68 bits per heavy atom. The molecular formula is C13H28N2O3S. The zero-order valence-corrected chi connectivity index (χ0v) is 13.1. The minimum atomic E-state index is -3.16. The highest BCUT2D eigenvalue weighted by atomic mass is 32.2. The van der Waals surface area contributed by atoms with Crippen molar-refractivity contribution in [1.29, 1.82) is 0 Å². The second-order valence-corrected chi connectivity index (χ2v) is 8.09. The molecule has 2 N–H and O–H groups in total. The van der Waals surface area contributed by atoms with Crippen molar-refractivity contribution in [3.63, 3.8) is 0 Å². The van der Waals surface area contributed by atoms with E-state index in [9.17, 15) is 13.5 Å². The maximum absolute atomic E-state index is 11.7. The average molecular weight is 292 g/mol. The zero-order chi connectivity index (χ0) is 14.5. The molecule has 1 saturated heterocycles. The third kappa shape index (κ3) is 5.77. The Morgan fingerprint density at radius 1 is 1.42 bits per heavy atom. The van der Waals surface area contributed by atoms with E-state index >= 15 is 0 Å². The van der Waals surface area contributed by atoms with E-state index in [1.165, 1.54) is 0 Å². The highest BCUT2D eigenvalue weighted by Crippen LogP contribution is 2.16. The lowest BCUT2D eigenvalue weighted by molar-refractivity contribution is 0.0829. The van der Waals surface area contributed by atoms with Gasteiger partial charge in [0.1, 0.15) is 0 Å². The molecule has 6 heteroatoms. The summed E-state index contributed by atoms with van der Waals surface area (Å²) in [4.78, 5) is 2.24. The molecule has 1 heterocycles. The number of aliphatic hydroxyl groups excluding tert-OH is 1. The lowest BCUT2D eigenvalue weighted by Gasteiger charge is -2.34.